The molecule has 1 aromatic heterocycles. The molecule has 2 aromatic rings. The number of hydrogen-bond donors (Lipinski definition) is 2. The summed E-state index contributed by atoms with van der Waals surface area (Å²) in [6.07, 6.45) is 0. The highest BCUT2D eigenvalue weighted by molar-refractivity contribution is 5.97. The Hall–Kier alpha value is -2.67. The summed E-state index contributed by atoms with van der Waals surface area (Å²) < 4.78 is 1.44. The maximum atomic E-state index is 12.8. The Balaban J connectivity index is 1.64. The van der Waals surface area contributed by atoms with E-state index in [2.05, 4.69) is 10.4 Å². The fraction of sp³-hybridized carbons (Fsp3) is 0.353. The number of nitrogens with two attached hydrogens (primary N) is 1. The molecule has 0 saturated carbocycles. The van der Waals surface area contributed by atoms with Crippen LogP contribution in [0.3, 0.4) is 0 Å². The van der Waals surface area contributed by atoms with Crippen molar-refractivity contribution in [1.82, 2.24) is 20.0 Å². The van der Waals surface area contributed by atoms with E-state index in [1.807, 2.05) is 35.2 Å². The SMILES string of the molecule is NC(=O)c1cc(C(=O)N2C[C@H]3CNC[C@H]3C2)nn1-c1ccccc1. The van der Waals surface area contributed by atoms with Gasteiger partial charge in [-0.15, -0.1) is 0 Å². The number of hydrogen-bond acceptors (Lipinski definition) is 4. The van der Waals surface area contributed by atoms with Crippen LogP contribution in [0.1, 0.15) is 21.0 Å². The van der Waals surface area contributed by atoms with Crippen LogP contribution in [-0.2, 0) is 0 Å². The molecule has 2 aliphatic heterocycles. The van der Waals surface area contributed by atoms with E-state index in [-0.39, 0.29) is 17.3 Å². The van der Waals surface area contributed by atoms with Crippen LogP contribution in [0, 0.1) is 11.8 Å². The molecule has 0 radical (unpaired) electrons. The first kappa shape index (κ1) is 14.9. The molecule has 2 atom stereocenters. The van der Waals surface area contributed by atoms with Gasteiger partial charge < -0.3 is 16.0 Å². The van der Waals surface area contributed by atoms with E-state index in [1.54, 1.807) is 0 Å². The van der Waals surface area contributed by atoms with E-state index >= 15 is 0 Å². The van der Waals surface area contributed by atoms with Crippen LogP contribution in [0.2, 0.25) is 0 Å². The lowest BCUT2D eigenvalue weighted by Gasteiger charge is -2.15. The van der Waals surface area contributed by atoms with Gasteiger partial charge >= 0.3 is 0 Å². The molecule has 1 aromatic carbocycles. The number of para-hydroxylation sites is 1. The summed E-state index contributed by atoms with van der Waals surface area (Å²) in [7, 11) is 0. The average molecular weight is 325 g/mol. The molecule has 0 bridgehead atoms. The topological polar surface area (TPSA) is 93.2 Å². The number of rotatable bonds is 3. The second-order valence-corrected chi connectivity index (χ2v) is 6.41. The van der Waals surface area contributed by atoms with Crippen molar-refractivity contribution in [2.24, 2.45) is 17.6 Å². The van der Waals surface area contributed by atoms with Gasteiger partial charge in [0.2, 0.25) is 0 Å². The van der Waals surface area contributed by atoms with Crippen molar-refractivity contribution in [3.63, 3.8) is 0 Å². The standard InChI is InChI=1S/C17H19N5O2/c18-16(23)15-6-14(20-22(15)13-4-2-1-3-5-13)17(24)21-9-11-7-19-8-12(11)10-21/h1-6,11-12,19H,7-10H2,(H2,18,23)/t11-,12+. The zero-order valence-corrected chi connectivity index (χ0v) is 13.2. The second-order valence-electron chi connectivity index (χ2n) is 6.41. The largest absolute Gasteiger partial charge is 0.364 e. The molecule has 2 saturated heterocycles. The maximum absolute atomic E-state index is 12.8. The van der Waals surface area contributed by atoms with Crippen LogP contribution in [0.15, 0.2) is 36.4 Å². The molecule has 2 fully saturated rings. The molecule has 2 aliphatic rings. The first-order valence-electron chi connectivity index (χ1n) is 8.09. The Morgan fingerprint density at radius 3 is 2.42 bits per heavy atom. The minimum atomic E-state index is -0.604. The van der Waals surface area contributed by atoms with Gasteiger partial charge in [-0.3, -0.25) is 9.59 Å². The third kappa shape index (κ3) is 2.46. The summed E-state index contributed by atoms with van der Waals surface area (Å²) in [5, 5.41) is 7.70. The molecule has 7 nitrogen and oxygen atoms in total. The van der Waals surface area contributed by atoms with Gasteiger partial charge in [-0.1, -0.05) is 18.2 Å². The number of nitrogens with one attached hydrogen (secondary N) is 1. The van der Waals surface area contributed by atoms with Crippen molar-refractivity contribution >= 4 is 11.8 Å². The minimum Gasteiger partial charge on any atom is -0.364 e. The van der Waals surface area contributed by atoms with Crippen LogP contribution in [0.5, 0.6) is 0 Å². The molecule has 2 amide bonds. The quantitative estimate of drug-likeness (QED) is 0.847. The van der Waals surface area contributed by atoms with Gasteiger partial charge in [-0.25, -0.2) is 4.68 Å². The van der Waals surface area contributed by atoms with Crippen LogP contribution >= 0.6 is 0 Å². The highest BCUT2D eigenvalue weighted by Gasteiger charge is 2.39. The van der Waals surface area contributed by atoms with E-state index in [4.69, 9.17) is 5.73 Å². The first-order valence-corrected chi connectivity index (χ1v) is 8.09. The van der Waals surface area contributed by atoms with E-state index in [0.717, 1.165) is 26.2 Å². The summed E-state index contributed by atoms with van der Waals surface area (Å²) in [4.78, 5) is 26.3. The van der Waals surface area contributed by atoms with Crippen molar-refractivity contribution < 1.29 is 9.59 Å². The minimum absolute atomic E-state index is 0.137. The first-order chi connectivity index (χ1) is 11.6. The number of primary amides is 1. The molecule has 7 heteroatoms. The molecule has 3 heterocycles. The number of likely N-dealkylation sites (tertiary alicyclic amines) is 1. The molecule has 24 heavy (non-hydrogen) atoms. The zero-order chi connectivity index (χ0) is 16.7. The Morgan fingerprint density at radius 1 is 1.12 bits per heavy atom. The van der Waals surface area contributed by atoms with Gasteiger partial charge in [-0.2, -0.15) is 5.10 Å². The van der Waals surface area contributed by atoms with Gasteiger partial charge in [0.1, 0.15) is 5.69 Å². The van der Waals surface area contributed by atoms with Gasteiger partial charge in [0.25, 0.3) is 11.8 Å². The van der Waals surface area contributed by atoms with Crippen LogP contribution < -0.4 is 11.1 Å². The fourth-order valence-corrected chi connectivity index (χ4v) is 3.61. The monoisotopic (exact) mass is 325 g/mol. The normalized spacial score (nSPS) is 22.6. The number of aromatic nitrogens is 2. The molecular formula is C17H19N5O2. The predicted molar refractivity (Wildman–Crippen MR) is 87.8 cm³/mol. The molecule has 0 aliphatic carbocycles. The number of fused-ring (bicyclic) bond motifs is 1. The van der Waals surface area contributed by atoms with E-state index in [0.29, 0.717) is 17.5 Å². The molecule has 3 N–H and O–H groups in total. The summed E-state index contributed by atoms with van der Waals surface area (Å²) >= 11 is 0. The van der Waals surface area contributed by atoms with E-state index in [9.17, 15) is 9.59 Å². The second kappa shape index (κ2) is 5.76. The van der Waals surface area contributed by atoms with Crippen LogP contribution in [0.4, 0.5) is 0 Å². The summed E-state index contributed by atoms with van der Waals surface area (Å²) in [6, 6.07) is 10.7. The molecule has 0 unspecified atom stereocenters. The van der Waals surface area contributed by atoms with Crippen molar-refractivity contribution in [2.75, 3.05) is 26.2 Å². The van der Waals surface area contributed by atoms with Gasteiger partial charge in [0.15, 0.2) is 5.69 Å². The maximum Gasteiger partial charge on any atom is 0.274 e. The van der Waals surface area contributed by atoms with Crippen LogP contribution in [0.25, 0.3) is 5.69 Å². The number of benzene rings is 1. The van der Waals surface area contributed by atoms with Gasteiger partial charge in [-0.05, 0) is 24.0 Å². The predicted octanol–water partition coefficient (Wildman–Crippen LogP) is 0.263. The average Bonchev–Trinajstić information content (AvgIpc) is 3.28. The summed E-state index contributed by atoms with van der Waals surface area (Å²) in [6.45, 7) is 3.39. The number of amides is 2. The van der Waals surface area contributed by atoms with Crippen molar-refractivity contribution in [3.05, 3.63) is 47.8 Å². The smallest absolute Gasteiger partial charge is 0.274 e. The van der Waals surface area contributed by atoms with Crippen LogP contribution in [-0.4, -0.2) is 52.7 Å². The Kier molecular flexibility index (Phi) is 3.57. The van der Waals surface area contributed by atoms with E-state index in [1.165, 1.54) is 10.7 Å². The molecule has 4 rings (SSSR count). The lowest BCUT2D eigenvalue weighted by atomic mass is 10.0. The van der Waals surface area contributed by atoms with Crippen molar-refractivity contribution in [3.8, 4) is 5.69 Å². The highest BCUT2D eigenvalue weighted by atomic mass is 16.2. The summed E-state index contributed by atoms with van der Waals surface area (Å²) in [5.41, 5.74) is 6.64. The third-order valence-corrected chi connectivity index (χ3v) is 4.86. The number of carbonyl (C=O) groups is 2. The van der Waals surface area contributed by atoms with Crippen molar-refractivity contribution in [1.29, 1.82) is 0 Å². The lowest BCUT2D eigenvalue weighted by molar-refractivity contribution is 0.0775. The van der Waals surface area contributed by atoms with E-state index < -0.39 is 5.91 Å². The Labute approximate surface area is 139 Å². The number of nitrogens with zero attached hydrogens (tertiary/aromatic N) is 3. The fourth-order valence-electron chi connectivity index (χ4n) is 3.61. The van der Waals surface area contributed by atoms with Gasteiger partial charge in [0, 0.05) is 32.2 Å². The highest BCUT2D eigenvalue weighted by Crippen LogP contribution is 2.27. The Bertz CT molecular complexity index is 774. The summed E-state index contributed by atoms with van der Waals surface area (Å²) in [5.74, 6) is 0.288. The van der Waals surface area contributed by atoms with Gasteiger partial charge in [0.05, 0.1) is 5.69 Å². The molecule has 0 spiro atoms. The third-order valence-electron chi connectivity index (χ3n) is 4.86. The number of carbonyl (C=O) groups excluding carboxylic acids is 2. The Morgan fingerprint density at radius 2 is 1.79 bits per heavy atom. The lowest BCUT2D eigenvalue weighted by Crippen LogP contribution is -2.32. The zero-order valence-electron chi connectivity index (χ0n) is 13.2. The molecular weight excluding hydrogens is 306 g/mol. The molecule has 124 valence electrons. The van der Waals surface area contributed by atoms with Crippen molar-refractivity contribution in [2.45, 2.75) is 0 Å².